The van der Waals surface area contributed by atoms with Crippen molar-refractivity contribution < 1.29 is 14.7 Å². The SMILES string of the molecule is CCCNc1ccc(-c2nc(-c3ccc4c(c3)CCN(CC(O)CO)CC4)no2)cc1C#N. The number of aromatic nitrogens is 2. The molecule has 1 atom stereocenters. The number of nitriles is 1. The van der Waals surface area contributed by atoms with Crippen LogP contribution in [0, 0.1) is 11.3 Å². The highest BCUT2D eigenvalue weighted by Gasteiger charge is 2.18. The topological polar surface area (TPSA) is 118 Å². The Bertz CT molecular complexity index is 1140. The van der Waals surface area contributed by atoms with E-state index in [1.807, 2.05) is 18.2 Å². The van der Waals surface area contributed by atoms with Crippen LogP contribution >= 0.6 is 0 Å². The minimum atomic E-state index is -0.711. The van der Waals surface area contributed by atoms with Crippen molar-refractivity contribution in [1.29, 1.82) is 5.26 Å². The van der Waals surface area contributed by atoms with Crippen molar-refractivity contribution in [2.75, 3.05) is 38.1 Å². The maximum absolute atomic E-state index is 9.75. The van der Waals surface area contributed by atoms with Crippen LogP contribution in [-0.2, 0) is 12.8 Å². The van der Waals surface area contributed by atoms with Crippen LogP contribution in [0.15, 0.2) is 40.9 Å². The smallest absolute Gasteiger partial charge is 0.258 e. The third-order valence-corrected chi connectivity index (χ3v) is 5.92. The van der Waals surface area contributed by atoms with Gasteiger partial charge in [-0.1, -0.05) is 24.2 Å². The Morgan fingerprint density at radius 1 is 1.15 bits per heavy atom. The number of nitrogens with one attached hydrogen (secondary N) is 1. The summed E-state index contributed by atoms with van der Waals surface area (Å²) in [5.74, 6) is 0.888. The molecule has 8 heteroatoms. The molecule has 1 aliphatic heterocycles. The maximum atomic E-state index is 9.75. The molecule has 172 valence electrons. The first kappa shape index (κ1) is 22.9. The van der Waals surface area contributed by atoms with E-state index in [1.54, 1.807) is 6.07 Å². The van der Waals surface area contributed by atoms with Crippen LogP contribution in [-0.4, -0.2) is 64.1 Å². The van der Waals surface area contributed by atoms with Crippen LogP contribution in [0.5, 0.6) is 0 Å². The number of anilines is 1. The molecule has 0 amide bonds. The Labute approximate surface area is 193 Å². The van der Waals surface area contributed by atoms with E-state index in [-0.39, 0.29) is 6.61 Å². The number of aliphatic hydroxyl groups excluding tert-OH is 2. The number of benzene rings is 2. The van der Waals surface area contributed by atoms with Gasteiger partial charge in [0, 0.05) is 37.3 Å². The molecule has 1 aliphatic rings. The minimum Gasteiger partial charge on any atom is -0.394 e. The van der Waals surface area contributed by atoms with E-state index in [1.165, 1.54) is 11.1 Å². The van der Waals surface area contributed by atoms with Crippen LogP contribution in [0.2, 0.25) is 0 Å². The van der Waals surface area contributed by atoms with Crippen molar-refractivity contribution in [3.63, 3.8) is 0 Å². The van der Waals surface area contributed by atoms with Crippen molar-refractivity contribution in [3.8, 4) is 28.9 Å². The molecule has 3 N–H and O–H groups in total. The minimum absolute atomic E-state index is 0.221. The molecule has 3 aromatic rings. The number of rotatable bonds is 8. The third kappa shape index (κ3) is 5.40. The standard InChI is InChI=1S/C25H29N5O3/c1-2-9-27-23-6-5-20(13-21(23)14-26)25-28-24(29-33-25)19-4-3-17-7-10-30(15-22(32)16-31)11-8-18(17)12-19/h3-6,12-13,22,27,31-32H,2,7-11,15-16H2,1H3. The number of β-amino-alcohol motifs (C(OH)–C–C–N with tert-alkyl or cyclic N) is 1. The second-order valence-corrected chi connectivity index (χ2v) is 8.34. The first-order valence-corrected chi connectivity index (χ1v) is 11.4. The Balaban J connectivity index is 1.52. The third-order valence-electron chi connectivity index (χ3n) is 5.92. The van der Waals surface area contributed by atoms with Crippen molar-refractivity contribution in [3.05, 3.63) is 53.1 Å². The molecule has 0 saturated carbocycles. The molecule has 0 spiro atoms. The highest BCUT2D eigenvalue weighted by atomic mass is 16.5. The van der Waals surface area contributed by atoms with E-state index < -0.39 is 6.10 Å². The van der Waals surface area contributed by atoms with Gasteiger partial charge in [-0.15, -0.1) is 0 Å². The van der Waals surface area contributed by atoms with Gasteiger partial charge in [0.15, 0.2) is 0 Å². The van der Waals surface area contributed by atoms with Gasteiger partial charge in [0.1, 0.15) is 6.07 Å². The fraction of sp³-hybridized carbons (Fsp3) is 0.400. The van der Waals surface area contributed by atoms with E-state index in [0.29, 0.717) is 29.4 Å². The average Bonchev–Trinajstić information content (AvgIpc) is 3.26. The first-order valence-electron chi connectivity index (χ1n) is 11.4. The lowest BCUT2D eigenvalue weighted by Crippen LogP contribution is -2.35. The fourth-order valence-electron chi connectivity index (χ4n) is 4.09. The summed E-state index contributed by atoms with van der Waals surface area (Å²) in [6.07, 6.45) is 2.01. The molecule has 2 aromatic carbocycles. The lowest BCUT2D eigenvalue weighted by atomic mass is 10.00. The second-order valence-electron chi connectivity index (χ2n) is 8.34. The fourth-order valence-corrected chi connectivity index (χ4v) is 4.09. The van der Waals surface area contributed by atoms with E-state index >= 15 is 0 Å². The van der Waals surface area contributed by atoms with Crippen LogP contribution in [0.25, 0.3) is 22.8 Å². The zero-order chi connectivity index (χ0) is 23.2. The predicted octanol–water partition coefficient (Wildman–Crippen LogP) is 2.85. The molecule has 33 heavy (non-hydrogen) atoms. The molecular formula is C25H29N5O3. The first-order chi connectivity index (χ1) is 16.1. The molecule has 1 unspecified atom stereocenters. The largest absolute Gasteiger partial charge is 0.394 e. The number of fused-ring (bicyclic) bond motifs is 1. The summed E-state index contributed by atoms with van der Waals surface area (Å²) in [4.78, 5) is 6.76. The lowest BCUT2D eigenvalue weighted by Gasteiger charge is -2.21. The molecular weight excluding hydrogens is 418 g/mol. The van der Waals surface area contributed by atoms with Gasteiger partial charge < -0.3 is 25.0 Å². The Morgan fingerprint density at radius 3 is 2.70 bits per heavy atom. The highest BCUT2D eigenvalue weighted by Crippen LogP contribution is 2.28. The van der Waals surface area contributed by atoms with Crippen LogP contribution in [0.1, 0.15) is 30.0 Å². The van der Waals surface area contributed by atoms with Crippen molar-refractivity contribution in [2.45, 2.75) is 32.3 Å². The highest BCUT2D eigenvalue weighted by molar-refractivity contribution is 5.68. The van der Waals surface area contributed by atoms with E-state index in [9.17, 15) is 10.4 Å². The Kier molecular flexibility index (Phi) is 7.35. The molecule has 0 fully saturated rings. The molecule has 0 bridgehead atoms. The van der Waals surface area contributed by atoms with Gasteiger partial charge >= 0.3 is 0 Å². The molecule has 4 rings (SSSR count). The molecule has 8 nitrogen and oxygen atoms in total. The number of aliphatic hydroxyl groups is 2. The summed E-state index contributed by atoms with van der Waals surface area (Å²) in [5.41, 5.74) is 5.44. The molecule has 0 radical (unpaired) electrons. The van der Waals surface area contributed by atoms with Crippen molar-refractivity contribution >= 4 is 5.69 Å². The van der Waals surface area contributed by atoms with Gasteiger partial charge in [0.05, 0.1) is 24.0 Å². The summed E-state index contributed by atoms with van der Waals surface area (Å²) in [5, 5.41) is 35.8. The maximum Gasteiger partial charge on any atom is 0.258 e. The van der Waals surface area contributed by atoms with E-state index in [4.69, 9.17) is 9.63 Å². The van der Waals surface area contributed by atoms with E-state index in [2.05, 4.69) is 45.5 Å². The molecule has 0 saturated heterocycles. The van der Waals surface area contributed by atoms with Crippen molar-refractivity contribution in [1.82, 2.24) is 15.0 Å². The van der Waals surface area contributed by atoms with Gasteiger partial charge in [-0.25, -0.2) is 0 Å². The lowest BCUT2D eigenvalue weighted by molar-refractivity contribution is 0.0605. The zero-order valence-electron chi connectivity index (χ0n) is 18.8. The Hall–Kier alpha value is -3.25. The normalized spacial score (nSPS) is 14.8. The summed E-state index contributed by atoms with van der Waals surface area (Å²) in [7, 11) is 0. The number of nitrogens with zero attached hydrogens (tertiary/aromatic N) is 4. The summed E-state index contributed by atoms with van der Waals surface area (Å²) in [6, 6.07) is 14.0. The van der Waals surface area contributed by atoms with Gasteiger partial charge in [-0.05, 0) is 54.7 Å². The monoisotopic (exact) mass is 447 g/mol. The number of hydrogen-bond donors (Lipinski definition) is 3. The second kappa shape index (κ2) is 10.6. The quantitative estimate of drug-likeness (QED) is 0.482. The molecule has 0 aliphatic carbocycles. The molecule has 1 aromatic heterocycles. The van der Waals surface area contributed by atoms with Crippen LogP contribution < -0.4 is 5.32 Å². The average molecular weight is 448 g/mol. The molecule has 2 heterocycles. The van der Waals surface area contributed by atoms with Gasteiger partial charge in [-0.3, -0.25) is 0 Å². The summed E-state index contributed by atoms with van der Waals surface area (Å²) in [6.45, 7) is 4.80. The van der Waals surface area contributed by atoms with Crippen LogP contribution in [0.3, 0.4) is 0 Å². The predicted molar refractivity (Wildman–Crippen MR) is 126 cm³/mol. The van der Waals surface area contributed by atoms with Gasteiger partial charge in [0.2, 0.25) is 5.82 Å². The zero-order valence-corrected chi connectivity index (χ0v) is 18.8. The van der Waals surface area contributed by atoms with E-state index in [0.717, 1.165) is 50.1 Å². The van der Waals surface area contributed by atoms with Gasteiger partial charge in [-0.2, -0.15) is 10.2 Å². The van der Waals surface area contributed by atoms with Gasteiger partial charge in [0.25, 0.3) is 5.89 Å². The van der Waals surface area contributed by atoms with Crippen molar-refractivity contribution in [2.24, 2.45) is 0 Å². The Morgan fingerprint density at radius 2 is 1.94 bits per heavy atom. The number of hydrogen-bond acceptors (Lipinski definition) is 8. The summed E-state index contributed by atoms with van der Waals surface area (Å²) >= 11 is 0. The van der Waals surface area contributed by atoms with Crippen LogP contribution in [0.4, 0.5) is 5.69 Å². The summed E-state index contributed by atoms with van der Waals surface area (Å²) < 4.78 is 5.52.